The molecule has 0 aromatic carbocycles. The molecule has 0 aliphatic carbocycles. The van der Waals surface area contributed by atoms with Crippen LogP contribution in [0.2, 0.25) is 0 Å². The number of carbonyl (C=O) groups is 2. The molecule has 1 rings (SSSR count). The van der Waals surface area contributed by atoms with Gasteiger partial charge in [0.2, 0.25) is 5.91 Å². The zero-order chi connectivity index (χ0) is 8.69. The zero-order valence-corrected chi connectivity index (χ0v) is 6.04. The molecule has 0 bridgehead atoms. The van der Waals surface area contributed by atoms with Crippen molar-refractivity contribution in [2.75, 3.05) is 13.2 Å². The van der Waals surface area contributed by atoms with Gasteiger partial charge in [-0.3, -0.25) is 4.79 Å². The molecule has 5 heteroatoms. The van der Waals surface area contributed by atoms with E-state index in [0.717, 1.165) is 19.4 Å². The van der Waals surface area contributed by atoms with Gasteiger partial charge in [0.25, 0.3) is 0 Å². The molecular formula is C6H11NO4. The first-order valence-electron chi connectivity index (χ1n) is 3.26. The fourth-order valence-corrected chi connectivity index (χ4v) is 0.565. The standard InChI is InChI=1S/C4H7NO.C2H4O3/c6-4-2-1-3-5-4;3-1-2(4)5/h1-3H2,(H,5,6);3H,1H2,(H,4,5). The van der Waals surface area contributed by atoms with Crippen LogP contribution in [0.5, 0.6) is 0 Å². The molecule has 11 heavy (non-hydrogen) atoms. The van der Waals surface area contributed by atoms with Crippen LogP contribution in [-0.2, 0) is 9.59 Å². The first-order valence-corrected chi connectivity index (χ1v) is 3.26. The maximum atomic E-state index is 10.1. The van der Waals surface area contributed by atoms with Gasteiger partial charge < -0.3 is 15.5 Å². The van der Waals surface area contributed by atoms with E-state index in [1.54, 1.807) is 0 Å². The molecule has 5 nitrogen and oxygen atoms in total. The first kappa shape index (κ1) is 9.90. The Labute approximate surface area is 64.0 Å². The summed E-state index contributed by atoms with van der Waals surface area (Å²) in [5.41, 5.74) is 0. The van der Waals surface area contributed by atoms with Crippen molar-refractivity contribution in [3.63, 3.8) is 0 Å². The number of hydrogen-bond donors (Lipinski definition) is 3. The third-order valence-electron chi connectivity index (χ3n) is 1.04. The van der Waals surface area contributed by atoms with E-state index in [-0.39, 0.29) is 5.91 Å². The molecule has 1 aliphatic rings. The van der Waals surface area contributed by atoms with Gasteiger partial charge in [-0.15, -0.1) is 0 Å². The van der Waals surface area contributed by atoms with Gasteiger partial charge in [-0.05, 0) is 6.42 Å². The normalized spacial score (nSPS) is 14.8. The van der Waals surface area contributed by atoms with Crippen molar-refractivity contribution < 1.29 is 19.8 Å². The second-order valence-corrected chi connectivity index (χ2v) is 2.01. The van der Waals surface area contributed by atoms with Crippen LogP contribution in [0.4, 0.5) is 0 Å². The van der Waals surface area contributed by atoms with Crippen LogP contribution in [0.1, 0.15) is 12.8 Å². The minimum absolute atomic E-state index is 0.204. The number of amides is 1. The van der Waals surface area contributed by atoms with E-state index in [2.05, 4.69) is 5.32 Å². The molecule has 0 radical (unpaired) electrons. The number of hydrogen-bond acceptors (Lipinski definition) is 3. The Morgan fingerprint density at radius 1 is 1.64 bits per heavy atom. The van der Waals surface area contributed by atoms with Crippen molar-refractivity contribution >= 4 is 11.9 Å². The van der Waals surface area contributed by atoms with Gasteiger partial charge in [-0.1, -0.05) is 0 Å². The average Bonchev–Trinajstić information content (AvgIpc) is 2.41. The van der Waals surface area contributed by atoms with Crippen molar-refractivity contribution in [3.8, 4) is 0 Å². The minimum Gasteiger partial charge on any atom is -0.480 e. The maximum absolute atomic E-state index is 10.1. The summed E-state index contributed by atoms with van der Waals surface area (Å²) in [5, 5.41) is 17.7. The van der Waals surface area contributed by atoms with Crippen LogP contribution in [0.3, 0.4) is 0 Å². The summed E-state index contributed by atoms with van der Waals surface area (Å²) in [5.74, 6) is -0.986. The number of aliphatic hydroxyl groups is 1. The van der Waals surface area contributed by atoms with Crippen LogP contribution >= 0.6 is 0 Å². The molecule has 1 saturated heterocycles. The lowest BCUT2D eigenvalue weighted by Gasteiger charge is -1.80. The Bertz CT molecular complexity index is 138. The molecule has 0 spiro atoms. The molecule has 1 heterocycles. The summed E-state index contributed by atoms with van der Waals surface area (Å²) in [4.78, 5) is 19.2. The molecule has 0 saturated carbocycles. The van der Waals surface area contributed by atoms with Crippen molar-refractivity contribution in [1.82, 2.24) is 5.32 Å². The number of rotatable bonds is 1. The lowest BCUT2D eigenvalue weighted by Crippen LogP contribution is -2.12. The monoisotopic (exact) mass is 161 g/mol. The van der Waals surface area contributed by atoms with Crippen molar-refractivity contribution in [1.29, 1.82) is 0 Å². The molecule has 0 aromatic heterocycles. The topological polar surface area (TPSA) is 86.6 Å². The first-order chi connectivity index (χ1) is 5.16. The van der Waals surface area contributed by atoms with E-state index in [1.807, 2.05) is 0 Å². The number of nitrogens with one attached hydrogen (secondary N) is 1. The van der Waals surface area contributed by atoms with Crippen LogP contribution in [-0.4, -0.2) is 35.2 Å². The zero-order valence-electron chi connectivity index (χ0n) is 6.04. The quantitative estimate of drug-likeness (QED) is 0.458. The second kappa shape index (κ2) is 5.67. The predicted molar refractivity (Wildman–Crippen MR) is 37.0 cm³/mol. The summed E-state index contributed by atoms with van der Waals surface area (Å²) in [6.45, 7) is 0.110. The van der Waals surface area contributed by atoms with E-state index < -0.39 is 12.6 Å². The molecule has 1 fully saturated rings. The minimum atomic E-state index is -1.19. The van der Waals surface area contributed by atoms with Gasteiger partial charge in [0.05, 0.1) is 0 Å². The highest BCUT2D eigenvalue weighted by molar-refractivity contribution is 5.77. The van der Waals surface area contributed by atoms with Crippen molar-refractivity contribution in [3.05, 3.63) is 0 Å². The maximum Gasteiger partial charge on any atom is 0.329 e. The Hall–Kier alpha value is -1.10. The average molecular weight is 161 g/mol. The third-order valence-corrected chi connectivity index (χ3v) is 1.04. The van der Waals surface area contributed by atoms with E-state index >= 15 is 0 Å². The molecule has 64 valence electrons. The smallest absolute Gasteiger partial charge is 0.329 e. The molecule has 1 amide bonds. The Kier molecular flexibility index (Phi) is 5.10. The van der Waals surface area contributed by atoms with Gasteiger partial charge in [0.15, 0.2) is 0 Å². The number of aliphatic hydroxyl groups excluding tert-OH is 1. The number of carboxylic acids is 1. The largest absolute Gasteiger partial charge is 0.480 e. The van der Waals surface area contributed by atoms with Crippen LogP contribution in [0, 0.1) is 0 Å². The van der Waals surface area contributed by atoms with Gasteiger partial charge in [0.1, 0.15) is 6.61 Å². The van der Waals surface area contributed by atoms with Crippen LogP contribution < -0.4 is 5.32 Å². The van der Waals surface area contributed by atoms with Crippen LogP contribution in [0.25, 0.3) is 0 Å². The van der Waals surface area contributed by atoms with E-state index in [0.29, 0.717) is 0 Å². The Balaban J connectivity index is 0.000000187. The fourth-order valence-electron chi connectivity index (χ4n) is 0.565. The third kappa shape index (κ3) is 6.79. The highest BCUT2D eigenvalue weighted by Gasteiger charge is 2.05. The highest BCUT2D eigenvalue weighted by atomic mass is 16.4. The van der Waals surface area contributed by atoms with Crippen molar-refractivity contribution in [2.24, 2.45) is 0 Å². The molecule has 3 N–H and O–H groups in total. The van der Waals surface area contributed by atoms with Crippen molar-refractivity contribution in [2.45, 2.75) is 12.8 Å². The van der Waals surface area contributed by atoms with E-state index in [4.69, 9.17) is 15.0 Å². The van der Waals surface area contributed by atoms with E-state index in [9.17, 15) is 4.79 Å². The number of carboxylic acid groups (broad SMARTS) is 1. The van der Waals surface area contributed by atoms with Gasteiger partial charge in [0, 0.05) is 13.0 Å². The molecular weight excluding hydrogens is 150 g/mol. The van der Waals surface area contributed by atoms with Gasteiger partial charge in [-0.2, -0.15) is 0 Å². The van der Waals surface area contributed by atoms with Gasteiger partial charge in [-0.25, -0.2) is 4.79 Å². The summed E-state index contributed by atoms with van der Waals surface area (Å²) >= 11 is 0. The second-order valence-electron chi connectivity index (χ2n) is 2.01. The highest BCUT2D eigenvalue weighted by Crippen LogP contribution is 1.93. The number of aliphatic carboxylic acids is 1. The summed E-state index contributed by atoms with van der Waals surface area (Å²) in [6.07, 6.45) is 1.76. The fraction of sp³-hybridized carbons (Fsp3) is 0.667. The molecule has 0 aromatic rings. The Morgan fingerprint density at radius 3 is 2.27 bits per heavy atom. The lowest BCUT2D eigenvalue weighted by molar-refractivity contribution is -0.140. The molecule has 1 aliphatic heterocycles. The predicted octanol–water partition coefficient (Wildman–Crippen LogP) is -1.04. The van der Waals surface area contributed by atoms with Gasteiger partial charge >= 0.3 is 5.97 Å². The van der Waals surface area contributed by atoms with E-state index in [1.165, 1.54) is 0 Å². The summed E-state index contributed by atoms with van der Waals surface area (Å²) < 4.78 is 0. The summed E-state index contributed by atoms with van der Waals surface area (Å²) in [6, 6.07) is 0. The Morgan fingerprint density at radius 2 is 2.18 bits per heavy atom. The lowest BCUT2D eigenvalue weighted by atomic mass is 10.4. The molecule has 0 atom stereocenters. The summed E-state index contributed by atoms with van der Waals surface area (Å²) in [7, 11) is 0. The SMILES string of the molecule is O=C(O)CO.O=C1CCCN1. The number of carbonyl (C=O) groups excluding carboxylic acids is 1. The molecule has 0 unspecified atom stereocenters. The van der Waals surface area contributed by atoms with Crippen LogP contribution in [0.15, 0.2) is 0 Å².